The Balaban J connectivity index is 1.96. The Bertz CT molecular complexity index is 820. The van der Waals surface area contributed by atoms with Gasteiger partial charge in [-0.2, -0.15) is 0 Å². The zero-order valence-electron chi connectivity index (χ0n) is 14.5. The molecule has 0 aliphatic heterocycles. The van der Waals surface area contributed by atoms with Gasteiger partial charge in [-0.15, -0.1) is 0 Å². The molecule has 134 valence electrons. The highest BCUT2D eigenvalue weighted by molar-refractivity contribution is 6.06. The van der Waals surface area contributed by atoms with Crippen molar-refractivity contribution >= 4 is 23.7 Å². The van der Waals surface area contributed by atoms with Gasteiger partial charge in [-0.25, -0.2) is 0 Å². The Morgan fingerprint density at radius 3 is 2.08 bits per heavy atom. The molecule has 26 heavy (non-hydrogen) atoms. The number of nitrogens with zero attached hydrogens (tertiary/aromatic N) is 1. The second-order valence-electron chi connectivity index (χ2n) is 5.71. The minimum Gasteiger partial charge on any atom is -0.545 e. The highest BCUT2D eigenvalue weighted by atomic mass is 16.5. The molecule has 0 spiro atoms. The van der Waals surface area contributed by atoms with Gasteiger partial charge >= 0.3 is 0 Å². The van der Waals surface area contributed by atoms with Gasteiger partial charge in [0, 0.05) is 19.7 Å². The fourth-order valence-corrected chi connectivity index (χ4v) is 1.99. The molecule has 0 aromatic heterocycles. The summed E-state index contributed by atoms with van der Waals surface area (Å²) in [5.41, 5.74) is 1.25. The molecule has 0 saturated carbocycles. The number of ether oxygens (including phenoxy) is 1. The first-order chi connectivity index (χ1) is 12.4. The van der Waals surface area contributed by atoms with Crippen molar-refractivity contribution in [1.29, 1.82) is 0 Å². The number of benzene rings is 2. The molecular weight excluding hydrogens is 334 g/mol. The van der Waals surface area contributed by atoms with Crippen molar-refractivity contribution in [3.05, 3.63) is 71.3 Å². The van der Waals surface area contributed by atoms with E-state index >= 15 is 0 Å². The first-order valence-corrected chi connectivity index (χ1v) is 7.83. The Morgan fingerprint density at radius 2 is 1.54 bits per heavy atom. The summed E-state index contributed by atoms with van der Waals surface area (Å²) < 4.78 is 5.35. The number of aromatic carboxylic acids is 1. The molecule has 2 aromatic rings. The van der Waals surface area contributed by atoms with Crippen LogP contribution in [0, 0.1) is 0 Å². The molecule has 0 saturated heterocycles. The largest absolute Gasteiger partial charge is 0.545 e. The van der Waals surface area contributed by atoms with Gasteiger partial charge in [0.05, 0.1) is 5.97 Å². The minimum absolute atomic E-state index is 0.0674. The molecule has 0 fully saturated rings. The zero-order chi connectivity index (χ0) is 19.1. The summed E-state index contributed by atoms with van der Waals surface area (Å²) in [5.74, 6) is -1.10. The number of amides is 1. The first-order valence-electron chi connectivity index (χ1n) is 7.83. The second-order valence-corrected chi connectivity index (χ2v) is 5.71. The van der Waals surface area contributed by atoms with Crippen molar-refractivity contribution in [2.45, 2.75) is 0 Å². The van der Waals surface area contributed by atoms with Crippen LogP contribution in [0.25, 0.3) is 6.08 Å². The second kappa shape index (κ2) is 8.62. The molecular formula is C20H18NO5-. The number of ketones is 1. The van der Waals surface area contributed by atoms with Crippen LogP contribution >= 0.6 is 0 Å². The predicted molar refractivity (Wildman–Crippen MR) is 94.8 cm³/mol. The third-order valence-electron chi connectivity index (χ3n) is 3.57. The van der Waals surface area contributed by atoms with Gasteiger partial charge in [-0.1, -0.05) is 30.3 Å². The summed E-state index contributed by atoms with van der Waals surface area (Å²) in [7, 11) is 3.29. The van der Waals surface area contributed by atoms with Crippen LogP contribution in [0.3, 0.4) is 0 Å². The molecule has 6 heteroatoms. The number of carbonyl (C=O) groups excluding carboxylic acids is 3. The average molecular weight is 352 g/mol. The van der Waals surface area contributed by atoms with E-state index in [-0.39, 0.29) is 23.9 Å². The van der Waals surface area contributed by atoms with Gasteiger partial charge in [0.1, 0.15) is 5.75 Å². The third-order valence-corrected chi connectivity index (χ3v) is 3.57. The highest BCUT2D eigenvalue weighted by Gasteiger charge is 2.06. The molecule has 2 rings (SSSR count). The van der Waals surface area contributed by atoms with Gasteiger partial charge in [0.25, 0.3) is 5.91 Å². The standard InChI is InChI=1S/C20H19NO5/c1-21(2)19(23)13-26-17-10-8-15(9-11-17)18(22)12-5-14-3-6-16(7-4-14)20(24)25/h3-12H,13H2,1-2H3,(H,24,25)/p-1/b12-5+. The monoisotopic (exact) mass is 352 g/mol. The summed E-state index contributed by atoms with van der Waals surface area (Å²) in [6, 6.07) is 12.5. The number of carbonyl (C=O) groups is 3. The number of hydrogen-bond acceptors (Lipinski definition) is 5. The Labute approximate surface area is 151 Å². The molecule has 0 N–H and O–H groups in total. The fraction of sp³-hybridized carbons (Fsp3) is 0.150. The van der Waals surface area contributed by atoms with E-state index < -0.39 is 5.97 Å². The van der Waals surface area contributed by atoms with Crippen molar-refractivity contribution < 1.29 is 24.2 Å². The quantitative estimate of drug-likeness (QED) is 0.555. The number of carboxylic acid groups (broad SMARTS) is 1. The van der Waals surface area contributed by atoms with Gasteiger partial charge in [0.15, 0.2) is 12.4 Å². The molecule has 0 radical (unpaired) electrons. The van der Waals surface area contributed by atoms with E-state index in [0.717, 1.165) is 0 Å². The number of likely N-dealkylation sites (N-methyl/N-ethyl adjacent to an activating group) is 1. The van der Waals surface area contributed by atoms with E-state index in [9.17, 15) is 19.5 Å². The molecule has 0 bridgehead atoms. The van der Waals surface area contributed by atoms with Crippen LogP contribution in [0.5, 0.6) is 5.75 Å². The van der Waals surface area contributed by atoms with E-state index in [1.807, 2.05) is 0 Å². The van der Waals surface area contributed by atoms with Crippen molar-refractivity contribution in [3.8, 4) is 5.75 Å². The van der Waals surface area contributed by atoms with E-state index in [4.69, 9.17) is 4.74 Å². The maximum Gasteiger partial charge on any atom is 0.259 e. The first kappa shape index (κ1) is 18.9. The number of allylic oxidation sites excluding steroid dienone is 1. The molecule has 0 heterocycles. The average Bonchev–Trinajstić information content (AvgIpc) is 2.64. The normalized spacial score (nSPS) is 10.5. The summed E-state index contributed by atoms with van der Waals surface area (Å²) in [4.78, 5) is 35.8. The fourth-order valence-electron chi connectivity index (χ4n) is 1.99. The lowest BCUT2D eigenvalue weighted by molar-refractivity contribution is -0.255. The van der Waals surface area contributed by atoms with E-state index in [0.29, 0.717) is 16.9 Å². The van der Waals surface area contributed by atoms with Crippen LogP contribution in [-0.2, 0) is 4.79 Å². The summed E-state index contributed by atoms with van der Waals surface area (Å²) in [6.07, 6.45) is 3.00. The van der Waals surface area contributed by atoms with Crippen molar-refractivity contribution in [2.75, 3.05) is 20.7 Å². The smallest absolute Gasteiger partial charge is 0.259 e. The predicted octanol–water partition coefficient (Wildman–Crippen LogP) is 1.41. The molecule has 2 aromatic carbocycles. The van der Waals surface area contributed by atoms with Gasteiger partial charge in [-0.3, -0.25) is 9.59 Å². The van der Waals surface area contributed by atoms with Crippen LogP contribution in [-0.4, -0.2) is 43.3 Å². The van der Waals surface area contributed by atoms with Crippen LogP contribution < -0.4 is 9.84 Å². The minimum atomic E-state index is -1.24. The van der Waals surface area contributed by atoms with E-state index in [1.54, 1.807) is 56.6 Å². The van der Waals surface area contributed by atoms with Crippen molar-refractivity contribution in [2.24, 2.45) is 0 Å². The van der Waals surface area contributed by atoms with Crippen LogP contribution in [0.15, 0.2) is 54.6 Å². The molecule has 0 aliphatic carbocycles. The van der Waals surface area contributed by atoms with Crippen molar-refractivity contribution in [3.63, 3.8) is 0 Å². The molecule has 0 atom stereocenters. The summed E-state index contributed by atoms with van der Waals surface area (Å²) in [5, 5.41) is 10.7. The third kappa shape index (κ3) is 5.31. The zero-order valence-corrected chi connectivity index (χ0v) is 14.5. The SMILES string of the molecule is CN(C)C(=O)COc1ccc(C(=O)/C=C/c2ccc(C(=O)[O-])cc2)cc1. The number of rotatable bonds is 7. The molecule has 6 nitrogen and oxygen atoms in total. The van der Waals surface area contributed by atoms with Gasteiger partial charge in [0.2, 0.25) is 0 Å². The lowest BCUT2D eigenvalue weighted by atomic mass is 10.1. The van der Waals surface area contributed by atoms with Crippen LogP contribution in [0.4, 0.5) is 0 Å². The summed E-state index contributed by atoms with van der Waals surface area (Å²) in [6.45, 7) is -0.0674. The van der Waals surface area contributed by atoms with Crippen molar-refractivity contribution in [1.82, 2.24) is 4.90 Å². The van der Waals surface area contributed by atoms with Gasteiger partial charge < -0.3 is 19.5 Å². The number of carboxylic acids is 1. The topological polar surface area (TPSA) is 86.7 Å². The molecule has 1 amide bonds. The Morgan fingerprint density at radius 1 is 0.962 bits per heavy atom. The molecule has 0 aliphatic rings. The maximum absolute atomic E-state index is 12.2. The lowest BCUT2D eigenvalue weighted by Gasteiger charge is -2.11. The van der Waals surface area contributed by atoms with Crippen LogP contribution in [0.2, 0.25) is 0 Å². The lowest BCUT2D eigenvalue weighted by Crippen LogP contribution is -2.27. The van der Waals surface area contributed by atoms with E-state index in [2.05, 4.69) is 0 Å². The Hall–Kier alpha value is -3.41. The highest BCUT2D eigenvalue weighted by Crippen LogP contribution is 2.14. The maximum atomic E-state index is 12.2. The van der Waals surface area contributed by atoms with Gasteiger partial charge in [-0.05, 0) is 41.5 Å². The van der Waals surface area contributed by atoms with Crippen LogP contribution in [0.1, 0.15) is 26.3 Å². The Kier molecular flexibility index (Phi) is 6.27. The summed E-state index contributed by atoms with van der Waals surface area (Å²) >= 11 is 0. The molecule has 0 unspecified atom stereocenters. The van der Waals surface area contributed by atoms with E-state index in [1.165, 1.54) is 23.1 Å². The number of hydrogen-bond donors (Lipinski definition) is 0.